The Bertz CT molecular complexity index is 526. The Morgan fingerprint density at radius 3 is 2.32 bits per heavy atom. The molecule has 0 aliphatic carbocycles. The van der Waals surface area contributed by atoms with Crippen molar-refractivity contribution >= 4 is 47.6 Å². The molecule has 0 aliphatic heterocycles. The highest BCUT2D eigenvalue weighted by molar-refractivity contribution is 9.11. The summed E-state index contributed by atoms with van der Waals surface area (Å²) in [4.78, 5) is 0.182. The van der Waals surface area contributed by atoms with Crippen molar-refractivity contribution in [2.45, 2.75) is 11.3 Å². The van der Waals surface area contributed by atoms with Crippen molar-refractivity contribution in [2.75, 3.05) is 33.0 Å². The molecule has 0 aliphatic rings. The molecule has 0 bridgehead atoms. The van der Waals surface area contributed by atoms with Gasteiger partial charge in [-0.25, -0.2) is 12.7 Å². The number of sulfonamides is 1. The molecule has 0 heterocycles. The van der Waals surface area contributed by atoms with E-state index in [1.54, 1.807) is 26.3 Å². The van der Waals surface area contributed by atoms with Crippen molar-refractivity contribution in [2.24, 2.45) is 0 Å². The number of anilines is 1. The SMILES string of the molecule is COCCCN(C)S(=O)(=O)c1c(Br)cc(N)cc1Br. The minimum absolute atomic E-state index is 0.182. The fourth-order valence-corrected chi connectivity index (χ4v) is 5.27. The summed E-state index contributed by atoms with van der Waals surface area (Å²) in [6.07, 6.45) is 0.635. The highest BCUT2D eigenvalue weighted by atomic mass is 79.9. The maximum absolute atomic E-state index is 12.5. The van der Waals surface area contributed by atoms with E-state index in [-0.39, 0.29) is 4.90 Å². The lowest BCUT2D eigenvalue weighted by Gasteiger charge is -2.19. The Morgan fingerprint density at radius 1 is 1.32 bits per heavy atom. The molecular weight excluding hydrogens is 400 g/mol. The number of rotatable bonds is 6. The van der Waals surface area contributed by atoms with Gasteiger partial charge in [0.15, 0.2) is 0 Å². The summed E-state index contributed by atoms with van der Waals surface area (Å²) in [5, 5.41) is 0. The first-order chi connectivity index (χ1) is 8.80. The highest BCUT2D eigenvalue weighted by Crippen LogP contribution is 2.34. The van der Waals surface area contributed by atoms with Crippen LogP contribution in [-0.2, 0) is 14.8 Å². The van der Waals surface area contributed by atoms with Gasteiger partial charge in [-0.2, -0.15) is 0 Å². The van der Waals surface area contributed by atoms with Crippen molar-refractivity contribution in [3.8, 4) is 0 Å². The number of methoxy groups -OCH3 is 1. The zero-order chi connectivity index (χ0) is 14.6. The van der Waals surface area contributed by atoms with Crippen LogP contribution >= 0.6 is 31.9 Å². The summed E-state index contributed by atoms with van der Waals surface area (Å²) in [6, 6.07) is 3.14. The summed E-state index contributed by atoms with van der Waals surface area (Å²) in [5.41, 5.74) is 6.15. The van der Waals surface area contributed by atoms with E-state index in [1.807, 2.05) is 0 Å². The van der Waals surface area contributed by atoms with E-state index in [4.69, 9.17) is 10.5 Å². The van der Waals surface area contributed by atoms with Crippen molar-refractivity contribution < 1.29 is 13.2 Å². The summed E-state index contributed by atoms with van der Waals surface area (Å²) in [6.45, 7) is 0.906. The molecule has 1 rings (SSSR count). The Labute approximate surface area is 130 Å². The van der Waals surface area contributed by atoms with Gasteiger partial charge >= 0.3 is 0 Å². The van der Waals surface area contributed by atoms with Crippen LogP contribution < -0.4 is 5.73 Å². The van der Waals surface area contributed by atoms with Crippen LogP contribution in [0.25, 0.3) is 0 Å². The van der Waals surface area contributed by atoms with E-state index < -0.39 is 10.0 Å². The van der Waals surface area contributed by atoms with Crippen LogP contribution in [0, 0.1) is 0 Å². The quantitative estimate of drug-likeness (QED) is 0.572. The molecule has 5 nitrogen and oxygen atoms in total. The smallest absolute Gasteiger partial charge is 0.245 e. The first kappa shape index (κ1) is 16.9. The lowest BCUT2D eigenvalue weighted by molar-refractivity contribution is 0.189. The second kappa shape index (κ2) is 7.03. The van der Waals surface area contributed by atoms with Crippen molar-refractivity contribution in [1.29, 1.82) is 0 Å². The van der Waals surface area contributed by atoms with E-state index in [9.17, 15) is 8.42 Å². The minimum Gasteiger partial charge on any atom is -0.399 e. The van der Waals surface area contributed by atoms with E-state index in [2.05, 4.69) is 31.9 Å². The first-order valence-corrected chi connectivity index (χ1v) is 8.53. The summed E-state index contributed by atoms with van der Waals surface area (Å²) in [7, 11) is -0.442. The molecule has 0 saturated heterocycles. The van der Waals surface area contributed by atoms with Crippen molar-refractivity contribution in [3.63, 3.8) is 0 Å². The standard InChI is InChI=1S/C11H16Br2N2O3S/c1-15(4-3-5-18-2)19(16,17)11-9(12)6-8(14)7-10(11)13/h6-7H,3-5,14H2,1-2H3. The number of hydrogen-bond acceptors (Lipinski definition) is 4. The average Bonchev–Trinajstić information content (AvgIpc) is 2.27. The van der Waals surface area contributed by atoms with Gasteiger partial charge in [-0.3, -0.25) is 0 Å². The van der Waals surface area contributed by atoms with Crippen LogP contribution in [0.5, 0.6) is 0 Å². The molecule has 2 N–H and O–H groups in total. The molecule has 0 unspecified atom stereocenters. The monoisotopic (exact) mass is 414 g/mol. The Balaban J connectivity index is 3.07. The van der Waals surface area contributed by atoms with E-state index in [1.165, 1.54) is 4.31 Å². The second-order valence-corrected chi connectivity index (χ2v) is 7.68. The van der Waals surface area contributed by atoms with Gasteiger partial charge in [-0.05, 0) is 50.4 Å². The molecule has 0 aromatic heterocycles. The van der Waals surface area contributed by atoms with Crippen LogP contribution in [0.2, 0.25) is 0 Å². The predicted molar refractivity (Wildman–Crippen MR) is 82.6 cm³/mol. The number of hydrogen-bond donors (Lipinski definition) is 1. The van der Waals surface area contributed by atoms with Crippen LogP contribution in [-0.4, -0.2) is 40.0 Å². The van der Waals surface area contributed by atoms with Crippen molar-refractivity contribution in [3.05, 3.63) is 21.1 Å². The molecule has 108 valence electrons. The van der Waals surface area contributed by atoms with Crippen LogP contribution in [0.3, 0.4) is 0 Å². The highest BCUT2D eigenvalue weighted by Gasteiger charge is 2.26. The molecule has 1 aromatic carbocycles. The number of benzene rings is 1. The van der Waals surface area contributed by atoms with Gasteiger partial charge < -0.3 is 10.5 Å². The zero-order valence-corrected chi connectivity index (χ0v) is 14.7. The minimum atomic E-state index is -3.57. The number of ether oxygens (including phenoxy) is 1. The molecule has 0 radical (unpaired) electrons. The maximum Gasteiger partial charge on any atom is 0.245 e. The molecule has 8 heteroatoms. The fraction of sp³-hybridized carbons (Fsp3) is 0.455. The third-order valence-corrected chi connectivity index (χ3v) is 6.25. The normalized spacial score (nSPS) is 12.1. The number of nitrogens with zero attached hydrogens (tertiary/aromatic N) is 1. The third kappa shape index (κ3) is 4.16. The van der Waals surface area contributed by atoms with Gasteiger partial charge in [0, 0.05) is 41.9 Å². The zero-order valence-electron chi connectivity index (χ0n) is 10.7. The number of halogens is 2. The van der Waals surface area contributed by atoms with Crippen LogP contribution in [0.15, 0.2) is 26.0 Å². The molecule has 0 saturated carbocycles. The van der Waals surface area contributed by atoms with Crippen LogP contribution in [0.1, 0.15) is 6.42 Å². The Kier molecular flexibility index (Phi) is 6.25. The molecule has 1 aromatic rings. The summed E-state index contributed by atoms with van der Waals surface area (Å²) >= 11 is 6.49. The molecule has 0 amide bonds. The summed E-state index contributed by atoms with van der Waals surface area (Å²) < 4.78 is 32.0. The molecule has 19 heavy (non-hydrogen) atoms. The number of nitrogen functional groups attached to an aromatic ring is 1. The van der Waals surface area contributed by atoms with E-state index in [0.29, 0.717) is 34.2 Å². The topological polar surface area (TPSA) is 72.6 Å². The number of nitrogens with two attached hydrogens (primary N) is 1. The van der Waals surface area contributed by atoms with Gasteiger partial charge in [0.05, 0.1) is 0 Å². The Morgan fingerprint density at radius 2 is 1.84 bits per heavy atom. The van der Waals surface area contributed by atoms with E-state index in [0.717, 1.165) is 0 Å². The van der Waals surface area contributed by atoms with Gasteiger partial charge in [0.25, 0.3) is 0 Å². The van der Waals surface area contributed by atoms with Gasteiger partial charge in [0.2, 0.25) is 10.0 Å². The van der Waals surface area contributed by atoms with Crippen molar-refractivity contribution in [1.82, 2.24) is 4.31 Å². The molecule has 0 spiro atoms. The van der Waals surface area contributed by atoms with Crippen LogP contribution in [0.4, 0.5) is 5.69 Å². The predicted octanol–water partition coefficient (Wildman–Crippen LogP) is 2.45. The molecule has 0 fully saturated rings. The summed E-state index contributed by atoms with van der Waals surface area (Å²) in [5.74, 6) is 0. The average molecular weight is 416 g/mol. The third-order valence-electron chi connectivity index (χ3n) is 2.51. The molecular formula is C11H16Br2N2O3S. The molecule has 0 atom stereocenters. The second-order valence-electron chi connectivity index (χ2n) is 3.99. The first-order valence-electron chi connectivity index (χ1n) is 5.50. The van der Waals surface area contributed by atoms with Gasteiger partial charge in [-0.1, -0.05) is 0 Å². The lowest BCUT2D eigenvalue weighted by Crippen LogP contribution is -2.29. The van der Waals surface area contributed by atoms with Gasteiger partial charge in [-0.15, -0.1) is 0 Å². The van der Waals surface area contributed by atoms with E-state index >= 15 is 0 Å². The Hall–Kier alpha value is -0.150. The lowest BCUT2D eigenvalue weighted by atomic mass is 10.3. The fourth-order valence-electron chi connectivity index (χ4n) is 1.53. The largest absolute Gasteiger partial charge is 0.399 e. The van der Waals surface area contributed by atoms with Gasteiger partial charge in [0.1, 0.15) is 4.90 Å². The maximum atomic E-state index is 12.5.